The van der Waals surface area contributed by atoms with Gasteiger partial charge < -0.3 is 19.5 Å². The van der Waals surface area contributed by atoms with Crippen LogP contribution in [-0.2, 0) is 0 Å². The molecule has 9 heteroatoms. The summed E-state index contributed by atoms with van der Waals surface area (Å²) in [6.07, 6.45) is 3.35. The number of tetrazole rings is 1. The van der Waals surface area contributed by atoms with Crippen LogP contribution in [0.25, 0.3) is 11.8 Å². The maximum atomic E-state index is 12.0. The molecule has 1 aromatic heterocycles. The van der Waals surface area contributed by atoms with E-state index in [1.54, 1.807) is 36.2 Å². The molecule has 0 aliphatic carbocycles. The molecular weight excluding hydrogens is 374 g/mol. The first-order valence-corrected chi connectivity index (χ1v) is 8.70. The number of nitrogens with one attached hydrogen (secondary N) is 1. The Balaban J connectivity index is 1.85. The van der Waals surface area contributed by atoms with Crippen molar-refractivity contribution in [1.82, 2.24) is 20.2 Å². The van der Waals surface area contributed by atoms with E-state index in [-0.39, 0.29) is 5.78 Å². The largest absolute Gasteiger partial charge is 0.497 e. The molecule has 2 aromatic carbocycles. The summed E-state index contributed by atoms with van der Waals surface area (Å²) in [6, 6.07) is 10.7. The summed E-state index contributed by atoms with van der Waals surface area (Å²) in [5.41, 5.74) is 1.84. The SMILES string of the molecule is COc1ccc(-n2nnnc2/C=C\Nc2cc(OC)c(OC)cc2C(C)=O)cc1. The zero-order valence-electron chi connectivity index (χ0n) is 16.5. The molecule has 0 unspecified atom stereocenters. The van der Waals surface area contributed by atoms with Gasteiger partial charge in [0.2, 0.25) is 0 Å². The van der Waals surface area contributed by atoms with Gasteiger partial charge in [-0.25, -0.2) is 0 Å². The number of hydrogen-bond acceptors (Lipinski definition) is 8. The van der Waals surface area contributed by atoms with Gasteiger partial charge in [0.05, 0.1) is 32.7 Å². The second kappa shape index (κ2) is 8.87. The van der Waals surface area contributed by atoms with Crippen molar-refractivity contribution >= 4 is 17.5 Å². The quantitative estimate of drug-likeness (QED) is 0.581. The summed E-state index contributed by atoms with van der Waals surface area (Å²) in [6.45, 7) is 1.49. The molecule has 150 valence electrons. The molecule has 9 nitrogen and oxygen atoms in total. The Morgan fingerprint density at radius 1 is 1.03 bits per heavy atom. The monoisotopic (exact) mass is 395 g/mol. The third-order valence-corrected chi connectivity index (χ3v) is 4.18. The van der Waals surface area contributed by atoms with E-state index in [1.807, 2.05) is 24.3 Å². The molecule has 0 saturated heterocycles. The molecule has 0 aliphatic rings. The maximum absolute atomic E-state index is 12.0. The molecule has 0 fully saturated rings. The number of aromatic nitrogens is 4. The highest BCUT2D eigenvalue weighted by Crippen LogP contribution is 2.33. The lowest BCUT2D eigenvalue weighted by molar-refractivity contribution is 0.101. The Kier molecular flexibility index (Phi) is 6.08. The van der Waals surface area contributed by atoms with Crippen molar-refractivity contribution in [2.45, 2.75) is 6.92 Å². The number of ether oxygens (including phenoxy) is 3. The minimum absolute atomic E-state index is 0.107. The Hall–Kier alpha value is -3.88. The van der Waals surface area contributed by atoms with E-state index >= 15 is 0 Å². The fourth-order valence-corrected chi connectivity index (χ4v) is 2.70. The van der Waals surface area contributed by atoms with Crippen molar-refractivity contribution in [3.05, 3.63) is 54.0 Å². The van der Waals surface area contributed by atoms with Crippen LogP contribution in [0.15, 0.2) is 42.6 Å². The molecule has 0 amide bonds. The minimum Gasteiger partial charge on any atom is -0.497 e. The van der Waals surface area contributed by atoms with Gasteiger partial charge in [0, 0.05) is 23.9 Å². The molecule has 0 spiro atoms. The maximum Gasteiger partial charge on any atom is 0.181 e. The van der Waals surface area contributed by atoms with Crippen LogP contribution < -0.4 is 19.5 Å². The van der Waals surface area contributed by atoms with Crippen LogP contribution in [0, 0.1) is 0 Å². The predicted molar refractivity (Wildman–Crippen MR) is 108 cm³/mol. The first kappa shape index (κ1) is 19.9. The number of carbonyl (C=O) groups excluding carboxylic acids is 1. The van der Waals surface area contributed by atoms with E-state index in [4.69, 9.17) is 14.2 Å². The molecule has 0 saturated carbocycles. The number of ketones is 1. The van der Waals surface area contributed by atoms with Crippen molar-refractivity contribution in [3.8, 4) is 22.9 Å². The van der Waals surface area contributed by atoms with Crippen LogP contribution in [0.2, 0.25) is 0 Å². The van der Waals surface area contributed by atoms with Crippen LogP contribution in [0.1, 0.15) is 23.1 Å². The number of anilines is 1. The lowest BCUT2D eigenvalue weighted by Crippen LogP contribution is -2.03. The number of rotatable bonds is 8. The van der Waals surface area contributed by atoms with Gasteiger partial charge in [0.25, 0.3) is 0 Å². The zero-order chi connectivity index (χ0) is 20.8. The van der Waals surface area contributed by atoms with Gasteiger partial charge in [-0.15, -0.1) is 5.10 Å². The highest BCUT2D eigenvalue weighted by atomic mass is 16.5. The summed E-state index contributed by atoms with van der Waals surface area (Å²) in [5.74, 6) is 2.13. The average molecular weight is 395 g/mol. The number of nitrogens with zero attached hydrogens (tertiary/aromatic N) is 4. The third-order valence-electron chi connectivity index (χ3n) is 4.18. The van der Waals surface area contributed by atoms with Crippen molar-refractivity contribution in [2.24, 2.45) is 0 Å². The van der Waals surface area contributed by atoms with Gasteiger partial charge in [0.1, 0.15) is 5.75 Å². The molecular formula is C20H21N5O4. The highest BCUT2D eigenvalue weighted by Gasteiger charge is 2.14. The fraction of sp³-hybridized carbons (Fsp3) is 0.200. The van der Waals surface area contributed by atoms with Crippen molar-refractivity contribution < 1.29 is 19.0 Å². The lowest BCUT2D eigenvalue weighted by Gasteiger charge is -2.13. The summed E-state index contributed by atoms with van der Waals surface area (Å²) in [7, 11) is 4.66. The van der Waals surface area contributed by atoms with Crippen molar-refractivity contribution in [2.75, 3.05) is 26.6 Å². The smallest absolute Gasteiger partial charge is 0.181 e. The Morgan fingerprint density at radius 3 is 2.34 bits per heavy atom. The summed E-state index contributed by atoms with van der Waals surface area (Å²) < 4.78 is 17.3. The Labute approximate surface area is 167 Å². The van der Waals surface area contributed by atoms with Crippen LogP contribution in [0.4, 0.5) is 5.69 Å². The van der Waals surface area contributed by atoms with Gasteiger partial charge in [0.15, 0.2) is 23.1 Å². The second-order valence-corrected chi connectivity index (χ2v) is 5.93. The molecule has 0 atom stereocenters. The van der Waals surface area contributed by atoms with Crippen LogP contribution >= 0.6 is 0 Å². The molecule has 1 heterocycles. The molecule has 0 bridgehead atoms. The minimum atomic E-state index is -0.107. The molecule has 0 aliphatic heterocycles. The van der Waals surface area contributed by atoms with Crippen LogP contribution in [-0.4, -0.2) is 47.3 Å². The molecule has 0 radical (unpaired) electrons. The summed E-state index contributed by atoms with van der Waals surface area (Å²) >= 11 is 0. The highest BCUT2D eigenvalue weighted by molar-refractivity contribution is 6.00. The van der Waals surface area contributed by atoms with Gasteiger partial charge in [-0.2, -0.15) is 4.68 Å². The number of carbonyl (C=O) groups is 1. The van der Waals surface area contributed by atoms with Gasteiger partial charge >= 0.3 is 0 Å². The number of Topliss-reactive ketones (excluding diaryl/α,β-unsaturated/α-hetero) is 1. The average Bonchev–Trinajstić information content (AvgIpc) is 3.21. The van der Waals surface area contributed by atoms with Crippen molar-refractivity contribution in [3.63, 3.8) is 0 Å². The van der Waals surface area contributed by atoms with Gasteiger partial charge in [-0.3, -0.25) is 4.79 Å². The molecule has 29 heavy (non-hydrogen) atoms. The lowest BCUT2D eigenvalue weighted by atomic mass is 10.1. The van der Waals surface area contributed by atoms with E-state index in [0.717, 1.165) is 11.4 Å². The summed E-state index contributed by atoms with van der Waals surface area (Å²) in [5, 5.41) is 14.8. The number of methoxy groups -OCH3 is 3. The van der Waals surface area contributed by atoms with Crippen LogP contribution in [0.5, 0.6) is 17.2 Å². The van der Waals surface area contributed by atoms with E-state index < -0.39 is 0 Å². The first-order valence-electron chi connectivity index (χ1n) is 8.70. The third kappa shape index (κ3) is 4.34. The Morgan fingerprint density at radius 2 is 1.72 bits per heavy atom. The standard InChI is InChI=1S/C20H21N5O4/c1-13(26)16-11-18(28-3)19(29-4)12-17(16)21-10-9-20-22-23-24-25(20)14-5-7-15(27-2)8-6-14/h5-12,21H,1-4H3/b10-9-. The van der Waals surface area contributed by atoms with E-state index in [0.29, 0.717) is 28.6 Å². The summed E-state index contributed by atoms with van der Waals surface area (Å²) in [4.78, 5) is 12.0. The molecule has 3 rings (SSSR count). The van der Waals surface area contributed by atoms with Crippen molar-refractivity contribution in [1.29, 1.82) is 0 Å². The normalized spacial score (nSPS) is 10.8. The van der Waals surface area contributed by atoms with Gasteiger partial charge in [-0.05, 0) is 47.7 Å². The predicted octanol–water partition coefficient (Wildman–Crippen LogP) is 2.97. The molecule has 1 N–H and O–H groups in total. The first-order chi connectivity index (χ1) is 14.1. The number of benzene rings is 2. The van der Waals surface area contributed by atoms with E-state index in [9.17, 15) is 4.79 Å². The second-order valence-electron chi connectivity index (χ2n) is 5.93. The van der Waals surface area contributed by atoms with Crippen LogP contribution in [0.3, 0.4) is 0 Å². The molecule has 3 aromatic rings. The van der Waals surface area contributed by atoms with E-state index in [2.05, 4.69) is 20.8 Å². The van der Waals surface area contributed by atoms with Gasteiger partial charge in [-0.1, -0.05) is 0 Å². The fourth-order valence-electron chi connectivity index (χ4n) is 2.70. The zero-order valence-corrected chi connectivity index (χ0v) is 16.5. The van der Waals surface area contributed by atoms with E-state index in [1.165, 1.54) is 21.1 Å². The Bertz CT molecular complexity index is 1030. The topological polar surface area (TPSA) is 100 Å². The number of hydrogen-bond donors (Lipinski definition) is 1.